The number of rotatable bonds is 3. The zero-order valence-electron chi connectivity index (χ0n) is 9.21. The molecule has 0 unspecified atom stereocenters. The lowest BCUT2D eigenvalue weighted by atomic mass is 10.3. The van der Waals surface area contributed by atoms with E-state index < -0.39 is 4.92 Å². The fourth-order valence-corrected chi connectivity index (χ4v) is 1.71. The number of hydrogen-bond donors (Lipinski definition) is 1. The standard InChI is InChI=1S/C10H6BrClN4O3/c11-6-4-14-10(13)15-9(6)19-8-2-1-5(16(17)18)3-7(8)12/h1-4H,(H2,13,14,15). The number of nitrogens with zero attached hydrogens (tertiary/aromatic N) is 3. The predicted octanol–water partition coefficient (Wildman–Crippen LogP) is 3.18. The Labute approximate surface area is 120 Å². The van der Waals surface area contributed by atoms with Crippen LogP contribution in [-0.4, -0.2) is 14.9 Å². The van der Waals surface area contributed by atoms with Crippen molar-refractivity contribution in [1.82, 2.24) is 9.97 Å². The highest BCUT2D eigenvalue weighted by molar-refractivity contribution is 9.10. The van der Waals surface area contributed by atoms with E-state index in [1.54, 1.807) is 0 Å². The Kier molecular flexibility index (Phi) is 3.82. The monoisotopic (exact) mass is 344 g/mol. The van der Waals surface area contributed by atoms with Crippen LogP contribution in [0.25, 0.3) is 0 Å². The molecule has 0 radical (unpaired) electrons. The zero-order chi connectivity index (χ0) is 14.0. The van der Waals surface area contributed by atoms with Crippen molar-refractivity contribution in [1.29, 1.82) is 0 Å². The molecule has 1 heterocycles. The maximum atomic E-state index is 10.6. The smallest absolute Gasteiger partial charge is 0.271 e. The van der Waals surface area contributed by atoms with E-state index in [4.69, 9.17) is 22.1 Å². The average molecular weight is 346 g/mol. The third-order valence-electron chi connectivity index (χ3n) is 2.06. The number of halogens is 2. The van der Waals surface area contributed by atoms with Gasteiger partial charge in [0.2, 0.25) is 11.8 Å². The van der Waals surface area contributed by atoms with Crippen molar-refractivity contribution in [3.8, 4) is 11.6 Å². The summed E-state index contributed by atoms with van der Waals surface area (Å²) in [6.45, 7) is 0. The summed E-state index contributed by atoms with van der Waals surface area (Å²) in [5.41, 5.74) is 5.31. The molecule has 0 aliphatic rings. The van der Waals surface area contributed by atoms with Gasteiger partial charge >= 0.3 is 0 Å². The van der Waals surface area contributed by atoms with Crippen molar-refractivity contribution in [2.45, 2.75) is 0 Å². The van der Waals surface area contributed by atoms with E-state index in [9.17, 15) is 10.1 Å². The van der Waals surface area contributed by atoms with Gasteiger partial charge in [0.15, 0.2) is 0 Å². The molecule has 2 rings (SSSR count). The Morgan fingerprint density at radius 2 is 2.21 bits per heavy atom. The number of aromatic nitrogens is 2. The van der Waals surface area contributed by atoms with Crippen LogP contribution in [0.2, 0.25) is 5.02 Å². The summed E-state index contributed by atoms with van der Waals surface area (Å²) in [5, 5.41) is 10.7. The van der Waals surface area contributed by atoms with E-state index in [0.717, 1.165) is 0 Å². The maximum Gasteiger partial charge on any atom is 0.271 e. The molecule has 0 saturated carbocycles. The van der Waals surface area contributed by atoms with Gasteiger partial charge in [0.25, 0.3) is 5.69 Å². The molecule has 0 amide bonds. The van der Waals surface area contributed by atoms with Gasteiger partial charge in [-0.05, 0) is 22.0 Å². The lowest BCUT2D eigenvalue weighted by Gasteiger charge is -2.08. The lowest BCUT2D eigenvalue weighted by Crippen LogP contribution is -1.98. The largest absolute Gasteiger partial charge is 0.436 e. The fourth-order valence-electron chi connectivity index (χ4n) is 1.23. The van der Waals surface area contributed by atoms with Crippen molar-refractivity contribution >= 4 is 39.2 Å². The van der Waals surface area contributed by atoms with Crippen LogP contribution in [-0.2, 0) is 0 Å². The number of nitro groups is 1. The number of anilines is 1. The molecule has 2 N–H and O–H groups in total. The van der Waals surface area contributed by atoms with Crippen LogP contribution in [0.5, 0.6) is 11.6 Å². The predicted molar refractivity (Wildman–Crippen MR) is 72.3 cm³/mol. The van der Waals surface area contributed by atoms with Crippen LogP contribution in [0.1, 0.15) is 0 Å². The number of nitrogens with two attached hydrogens (primary N) is 1. The number of hydrogen-bond acceptors (Lipinski definition) is 6. The molecule has 0 bridgehead atoms. The highest BCUT2D eigenvalue weighted by atomic mass is 79.9. The zero-order valence-corrected chi connectivity index (χ0v) is 11.6. The second-order valence-electron chi connectivity index (χ2n) is 3.36. The van der Waals surface area contributed by atoms with Crippen LogP contribution < -0.4 is 10.5 Å². The minimum atomic E-state index is -0.547. The molecule has 0 aliphatic carbocycles. The van der Waals surface area contributed by atoms with Crippen molar-refractivity contribution < 1.29 is 9.66 Å². The molecule has 7 nitrogen and oxygen atoms in total. The number of nitrogen functional groups attached to an aromatic ring is 1. The van der Waals surface area contributed by atoms with Crippen LogP contribution in [0, 0.1) is 10.1 Å². The molecule has 9 heteroatoms. The third-order valence-corrected chi connectivity index (χ3v) is 2.90. The first kappa shape index (κ1) is 13.5. The van der Waals surface area contributed by atoms with Gasteiger partial charge in [-0.15, -0.1) is 0 Å². The molecule has 0 atom stereocenters. The van der Waals surface area contributed by atoms with Crippen molar-refractivity contribution in [3.63, 3.8) is 0 Å². The minimum absolute atomic E-state index is 0.0382. The Morgan fingerprint density at radius 1 is 1.47 bits per heavy atom. The molecule has 0 saturated heterocycles. The summed E-state index contributed by atoms with van der Waals surface area (Å²) in [6, 6.07) is 3.85. The normalized spacial score (nSPS) is 10.2. The van der Waals surface area contributed by atoms with Gasteiger partial charge in [-0.3, -0.25) is 10.1 Å². The van der Waals surface area contributed by atoms with Gasteiger partial charge < -0.3 is 10.5 Å². The van der Waals surface area contributed by atoms with Crippen LogP contribution in [0.4, 0.5) is 11.6 Å². The summed E-state index contributed by atoms with van der Waals surface area (Å²) in [4.78, 5) is 17.7. The maximum absolute atomic E-state index is 10.6. The Balaban J connectivity index is 2.33. The van der Waals surface area contributed by atoms with E-state index in [1.165, 1.54) is 24.4 Å². The van der Waals surface area contributed by atoms with Gasteiger partial charge in [0.1, 0.15) is 5.75 Å². The SMILES string of the molecule is Nc1ncc(Br)c(Oc2ccc([N+](=O)[O-])cc2Cl)n1. The fraction of sp³-hybridized carbons (Fsp3) is 0. The van der Waals surface area contributed by atoms with Crippen molar-refractivity contribution in [2.24, 2.45) is 0 Å². The second-order valence-corrected chi connectivity index (χ2v) is 4.62. The minimum Gasteiger partial charge on any atom is -0.436 e. The number of ether oxygens (including phenoxy) is 1. The first-order chi connectivity index (χ1) is 8.97. The number of benzene rings is 1. The second kappa shape index (κ2) is 5.37. The van der Waals surface area contributed by atoms with E-state index >= 15 is 0 Å². The average Bonchev–Trinajstić information content (AvgIpc) is 2.36. The highest BCUT2D eigenvalue weighted by Gasteiger charge is 2.13. The molecule has 0 spiro atoms. The van der Waals surface area contributed by atoms with Gasteiger partial charge in [0, 0.05) is 12.1 Å². The molecular formula is C10H6BrClN4O3. The topological polar surface area (TPSA) is 104 Å². The molecule has 1 aromatic heterocycles. The molecule has 0 aliphatic heterocycles. The summed E-state index contributed by atoms with van der Waals surface area (Å²) in [6.07, 6.45) is 1.43. The Hall–Kier alpha value is -1.93. The van der Waals surface area contributed by atoms with Crippen molar-refractivity contribution in [3.05, 3.63) is 44.0 Å². The van der Waals surface area contributed by atoms with Crippen molar-refractivity contribution in [2.75, 3.05) is 5.73 Å². The van der Waals surface area contributed by atoms with Gasteiger partial charge in [-0.25, -0.2) is 4.98 Å². The summed E-state index contributed by atoms with van der Waals surface area (Å²) in [7, 11) is 0. The van der Waals surface area contributed by atoms with Crippen LogP contribution in [0.15, 0.2) is 28.9 Å². The van der Waals surface area contributed by atoms with Gasteiger partial charge in [-0.1, -0.05) is 11.6 Å². The summed E-state index contributed by atoms with van der Waals surface area (Å²) < 4.78 is 5.91. The van der Waals surface area contributed by atoms with E-state index in [2.05, 4.69) is 25.9 Å². The summed E-state index contributed by atoms with van der Waals surface area (Å²) in [5.74, 6) is 0.436. The lowest BCUT2D eigenvalue weighted by molar-refractivity contribution is -0.384. The van der Waals surface area contributed by atoms with Crippen LogP contribution in [0.3, 0.4) is 0 Å². The Bertz CT molecular complexity index is 653. The molecule has 0 fully saturated rings. The number of nitro benzene ring substituents is 1. The van der Waals surface area contributed by atoms with E-state index in [0.29, 0.717) is 4.47 Å². The van der Waals surface area contributed by atoms with Gasteiger partial charge in [0.05, 0.1) is 20.6 Å². The number of non-ortho nitro benzene ring substituents is 1. The molecule has 19 heavy (non-hydrogen) atoms. The van der Waals surface area contributed by atoms with Crippen LogP contribution >= 0.6 is 27.5 Å². The van der Waals surface area contributed by atoms with E-state index in [1.807, 2.05) is 0 Å². The molecule has 1 aromatic carbocycles. The third kappa shape index (κ3) is 3.09. The Morgan fingerprint density at radius 3 is 2.84 bits per heavy atom. The first-order valence-electron chi connectivity index (χ1n) is 4.87. The first-order valence-corrected chi connectivity index (χ1v) is 6.04. The van der Waals surface area contributed by atoms with Gasteiger partial charge in [-0.2, -0.15) is 4.98 Å². The molecular weight excluding hydrogens is 339 g/mol. The van der Waals surface area contributed by atoms with E-state index in [-0.39, 0.29) is 28.3 Å². The highest BCUT2D eigenvalue weighted by Crippen LogP contribution is 2.34. The molecule has 2 aromatic rings. The summed E-state index contributed by atoms with van der Waals surface area (Å²) >= 11 is 9.09. The molecule has 98 valence electrons. The quantitative estimate of drug-likeness (QED) is 0.676.